The average molecular weight is 284 g/mol. The maximum atomic E-state index is 12.8. The molecule has 9 heteroatoms. The predicted molar refractivity (Wildman–Crippen MR) is 54.6 cm³/mol. The van der Waals surface area contributed by atoms with E-state index in [1.165, 1.54) is 6.92 Å². The second kappa shape index (κ2) is 5.37. The highest BCUT2D eigenvalue weighted by atomic mass is 19.4. The number of rotatable bonds is 3. The van der Waals surface area contributed by atoms with Crippen LogP contribution >= 0.6 is 0 Å². The number of aromatic nitrogens is 1. The maximum Gasteiger partial charge on any atom is 0.435 e. The van der Waals surface area contributed by atoms with Gasteiger partial charge in [0.15, 0.2) is 5.69 Å². The highest BCUT2D eigenvalue weighted by Crippen LogP contribution is 2.38. The van der Waals surface area contributed by atoms with Crippen molar-refractivity contribution in [2.45, 2.75) is 19.5 Å². The molecule has 0 radical (unpaired) electrons. The lowest BCUT2D eigenvalue weighted by atomic mass is 10.1. The average Bonchev–Trinajstić information content (AvgIpc) is 2.26. The van der Waals surface area contributed by atoms with Crippen molar-refractivity contribution in [1.82, 2.24) is 4.98 Å². The van der Waals surface area contributed by atoms with E-state index < -0.39 is 41.1 Å². The fourth-order valence-electron chi connectivity index (χ4n) is 1.37. The number of pyridine rings is 1. The van der Waals surface area contributed by atoms with Crippen molar-refractivity contribution < 1.29 is 31.5 Å². The van der Waals surface area contributed by atoms with Gasteiger partial charge in [0.25, 0.3) is 6.43 Å². The zero-order chi connectivity index (χ0) is 14.8. The van der Waals surface area contributed by atoms with Gasteiger partial charge in [0, 0.05) is 6.20 Å². The first-order chi connectivity index (χ1) is 8.70. The number of nitrogens with zero attached hydrogens (tertiary/aromatic N) is 1. The smallest absolute Gasteiger partial charge is 0.435 e. The van der Waals surface area contributed by atoms with Gasteiger partial charge in [-0.1, -0.05) is 0 Å². The third kappa shape index (κ3) is 3.09. The Labute approximate surface area is 104 Å². The van der Waals surface area contributed by atoms with Crippen LogP contribution < -0.4 is 5.73 Å². The quantitative estimate of drug-likeness (QED) is 0.684. The van der Waals surface area contributed by atoms with Crippen LogP contribution in [-0.2, 0) is 10.9 Å². The van der Waals surface area contributed by atoms with E-state index in [-0.39, 0.29) is 6.61 Å². The standard InChI is InChI=1S/C10H9F5N2O2/c1-2-19-9(18)4-3-17-7(10(13,14)15)6(16)5(4)8(11)12/h3,8H,2,16H2,1H3. The van der Waals surface area contributed by atoms with Crippen LogP contribution in [0.3, 0.4) is 0 Å². The van der Waals surface area contributed by atoms with Crippen LogP contribution in [0.25, 0.3) is 0 Å². The molecular weight excluding hydrogens is 275 g/mol. The first kappa shape index (κ1) is 15.1. The van der Waals surface area contributed by atoms with E-state index in [9.17, 15) is 26.7 Å². The number of hydrogen-bond acceptors (Lipinski definition) is 4. The lowest BCUT2D eigenvalue weighted by molar-refractivity contribution is -0.140. The van der Waals surface area contributed by atoms with Crippen LogP contribution in [0.2, 0.25) is 0 Å². The van der Waals surface area contributed by atoms with Gasteiger partial charge in [-0.2, -0.15) is 13.2 Å². The van der Waals surface area contributed by atoms with Gasteiger partial charge in [-0.05, 0) is 6.92 Å². The van der Waals surface area contributed by atoms with Gasteiger partial charge in [-0.3, -0.25) is 0 Å². The predicted octanol–water partition coefficient (Wildman–Crippen LogP) is 2.80. The summed E-state index contributed by atoms with van der Waals surface area (Å²) in [7, 11) is 0. The number of alkyl halides is 5. The molecule has 4 nitrogen and oxygen atoms in total. The number of nitrogens with two attached hydrogens (primary N) is 1. The zero-order valence-electron chi connectivity index (χ0n) is 9.59. The number of anilines is 1. The molecule has 0 aliphatic rings. The molecule has 19 heavy (non-hydrogen) atoms. The van der Waals surface area contributed by atoms with E-state index in [1.807, 2.05) is 0 Å². The van der Waals surface area contributed by atoms with E-state index in [0.29, 0.717) is 6.20 Å². The summed E-state index contributed by atoms with van der Waals surface area (Å²) in [6.45, 7) is 1.29. The highest BCUT2D eigenvalue weighted by Gasteiger charge is 2.38. The molecule has 0 fully saturated rings. The van der Waals surface area contributed by atoms with Gasteiger partial charge in [-0.25, -0.2) is 18.6 Å². The summed E-state index contributed by atoms with van der Waals surface area (Å²) in [5.74, 6) is -1.20. The molecule has 0 aromatic carbocycles. The lowest BCUT2D eigenvalue weighted by Gasteiger charge is -2.15. The zero-order valence-corrected chi connectivity index (χ0v) is 9.59. The fourth-order valence-corrected chi connectivity index (χ4v) is 1.37. The van der Waals surface area contributed by atoms with Crippen molar-refractivity contribution in [2.24, 2.45) is 0 Å². The molecule has 0 bridgehead atoms. The molecule has 0 saturated carbocycles. The van der Waals surface area contributed by atoms with Gasteiger partial charge in [0.05, 0.1) is 23.4 Å². The van der Waals surface area contributed by atoms with E-state index in [2.05, 4.69) is 9.72 Å². The molecule has 0 aliphatic heterocycles. The second-order valence-corrected chi connectivity index (χ2v) is 3.37. The lowest BCUT2D eigenvalue weighted by Crippen LogP contribution is -2.18. The van der Waals surface area contributed by atoms with Gasteiger partial charge < -0.3 is 10.5 Å². The summed E-state index contributed by atoms with van der Waals surface area (Å²) < 4.78 is 67.4. The molecule has 106 valence electrons. The topological polar surface area (TPSA) is 65.2 Å². The Morgan fingerprint density at radius 1 is 1.47 bits per heavy atom. The molecule has 0 spiro atoms. The van der Waals surface area contributed by atoms with E-state index >= 15 is 0 Å². The molecular formula is C10H9F5N2O2. The van der Waals surface area contributed by atoms with Crippen molar-refractivity contribution in [3.05, 3.63) is 23.0 Å². The van der Waals surface area contributed by atoms with Crippen LogP contribution in [0.1, 0.15) is 35.0 Å². The van der Waals surface area contributed by atoms with Crippen LogP contribution in [0, 0.1) is 0 Å². The molecule has 2 N–H and O–H groups in total. The number of nitrogen functional groups attached to an aromatic ring is 1. The first-order valence-corrected chi connectivity index (χ1v) is 5.01. The van der Waals surface area contributed by atoms with Gasteiger partial charge >= 0.3 is 12.1 Å². The normalized spacial score (nSPS) is 11.7. The van der Waals surface area contributed by atoms with Gasteiger partial charge in [0.1, 0.15) is 0 Å². The molecule has 0 saturated heterocycles. The Morgan fingerprint density at radius 3 is 2.47 bits per heavy atom. The monoisotopic (exact) mass is 284 g/mol. The summed E-state index contributed by atoms with van der Waals surface area (Å²) in [6.07, 6.45) is -7.96. The third-order valence-electron chi connectivity index (χ3n) is 2.14. The summed E-state index contributed by atoms with van der Waals surface area (Å²) >= 11 is 0. The minimum absolute atomic E-state index is 0.123. The first-order valence-electron chi connectivity index (χ1n) is 5.01. The van der Waals surface area contributed by atoms with Crippen molar-refractivity contribution >= 4 is 11.7 Å². The number of ether oxygens (including phenoxy) is 1. The molecule has 0 atom stereocenters. The maximum absolute atomic E-state index is 12.8. The van der Waals surface area contributed by atoms with Crippen LogP contribution in [-0.4, -0.2) is 17.6 Å². The Hall–Kier alpha value is -1.93. The van der Waals surface area contributed by atoms with E-state index in [1.54, 1.807) is 0 Å². The molecule has 0 aliphatic carbocycles. The number of halogens is 5. The summed E-state index contributed by atoms with van der Waals surface area (Å²) in [5.41, 5.74) is 0.111. The number of esters is 1. The third-order valence-corrected chi connectivity index (χ3v) is 2.14. The Kier molecular flexibility index (Phi) is 4.28. The molecule has 0 amide bonds. The number of carbonyl (C=O) groups excluding carboxylic acids is 1. The molecule has 0 unspecified atom stereocenters. The fraction of sp³-hybridized carbons (Fsp3) is 0.400. The molecule has 1 aromatic rings. The molecule has 1 heterocycles. The van der Waals surface area contributed by atoms with E-state index in [0.717, 1.165) is 0 Å². The minimum atomic E-state index is -4.99. The highest BCUT2D eigenvalue weighted by molar-refractivity contribution is 5.92. The largest absolute Gasteiger partial charge is 0.462 e. The van der Waals surface area contributed by atoms with Crippen LogP contribution in [0.4, 0.5) is 27.6 Å². The SMILES string of the molecule is CCOC(=O)c1cnc(C(F)(F)F)c(N)c1C(F)F. The van der Waals surface area contributed by atoms with Crippen LogP contribution in [0.5, 0.6) is 0 Å². The Bertz CT molecular complexity index is 488. The summed E-state index contributed by atoms with van der Waals surface area (Å²) in [5, 5.41) is 0. The van der Waals surface area contributed by atoms with E-state index in [4.69, 9.17) is 5.73 Å². The van der Waals surface area contributed by atoms with Crippen molar-refractivity contribution in [2.75, 3.05) is 12.3 Å². The second-order valence-electron chi connectivity index (χ2n) is 3.37. The van der Waals surface area contributed by atoms with Gasteiger partial charge in [0.2, 0.25) is 0 Å². The van der Waals surface area contributed by atoms with Crippen molar-refractivity contribution in [3.63, 3.8) is 0 Å². The number of hydrogen-bond donors (Lipinski definition) is 1. The Morgan fingerprint density at radius 2 is 2.05 bits per heavy atom. The molecule has 1 aromatic heterocycles. The van der Waals surface area contributed by atoms with Crippen molar-refractivity contribution in [3.8, 4) is 0 Å². The minimum Gasteiger partial charge on any atom is -0.462 e. The summed E-state index contributed by atoms with van der Waals surface area (Å²) in [6, 6.07) is 0. The number of carbonyl (C=O) groups is 1. The Balaban J connectivity index is 3.45. The molecule has 1 rings (SSSR count). The van der Waals surface area contributed by atoms with Crippen molar-refractivity contribution in [1.29, 1.82) is 0 Å². The summed E-state index contributed by atoms with van der Waals surface area (Å²) in [4.78, 5) is 14.3. The van der Waals surface area contributed by atoms with Gasteiger partial charge in [-0.15, -0.1) is 0 Å². The van der Waals surface area contributed by atoms with Crippen LogP contribution in [0.15, 0.2) is 6.20 Å².